The number of nitrogens with one attached hydrogen (secondary N) is 1. The smallest absolute Gasteiger partial charge is 0.249 e. The largest absolute Gasteiger partial charge is 0.507 e. The molecule has 2 saturated heterocycles. The number of para-hydroxylation sites is 2. The molecule has 1 unspecified atom stereocenters. The second-order valence-corrected chi connectivity index (χ2v) is 14.4. The number of benzene rings is 3. The van der Waals surface area contributed by atoms with E-state index in [4.69, 9.17) is 4.74 Å². The Morgan fingerprint density at radius 1 is 0.811 bits per heavy atom. The summed E-state index contributed by atoms with van der Waals surface area (Å²) >= 11 is 0. The van der Waals surface area contributed by atoms with E-state index < -0.39 is 0 Å². The van der Waals surface area contributed by atoms with Crippen molar-refractivity contribution >= 4 is 40.1 Å². The first-order chi connectivity index (χ1) is 25.9. The second kappa shape index (κ2) is 13.7. The number of anilines is 2. The summed E-state index contributed by atoms with van der Waals surface area (Å²) in [6, 6.07) is 25.2. The number of nitrogens with zero attached hydrogens (tertiary/aromatic N) is 6. The van der Waals surface area contributed by atoms with E-state index in [-0.39, 0.29) is 29.5 Å². The van der Waals surface area contributed by atoms with E-state index in [1.165, 1.54) is 5.56 Å². The maximum Gasteiger partial charge on any atom is 0.249 e. The van der Waals surface area contributed by atoms with Gasteiger partial charge in [0.05, 0.1) is 30.0 Å². The van der Waals surface area contributed by atoms with Gasteiger partial charge in [0, 0.05) is 48.7 Å². The highest BCUT2D eigenvalue weighted by molar-refractivity contribution is 6.02. The molecule has 5 aromatic rings. The van der Waals surface area contributed by atoms with Gasteiger partial charge >= 0.3 is 0 Å². The fourth-order valence-corrected chi connectivity index (χ4v) is 8.71. The predicted octanol–water partition coefficient (Wildman–Crippen LogP) is 5.17. The van der Waals surface area contributed by atoms with Crippen LogP contribution in [0.3, 0.4) is 0 Å². The van der Waals surface area contributed by atoms with Gasteiger partial charge in [0.1, 0.15) is 29.7 Å². The average molecular weight is 712 g/mol. The van der Waals surface area contributed by atoms with E-state index in [2.05, 4.69) is 37.4 Å². The van der Waals surface area contributed by atoms with Gasteiger partial charge in [0.15, 0.2) is 0 Å². The van der Waals surface area contributed by atoms with Crippen molar-refractivity contribution in [3.63, 3.8) is 0 Å². The molecule has 4 aliphatic rings. The van der Waals surface area contributed by atoms with Crippen LogP contribution in [-0.2, 0) is 14.4 Å². The maximum atomic E-state index is 13.6. The molecule has 3 aliphatic heterocycles. The standard InChI is InChI=1S/C41H41N7O5/c49-37-7-2-1-4-31(37)33-24-36-32(43-44-33)18-19-46(36)28-12-14-29(15-13-28)47-21-20-45(25-39(47)51)27-10-8-26(9-11-27)30-5-3-6-34-40(30)53-23-22-48(34)35-16-17-38(50)42-41(35)52/h1-7,12-15,18-19,24,26-27,35,49H,8-11,16-17,20-23,25H2,(H,42,50,52). The van der Waals surface area contributed by atoms with E-state index in [1.807, 2.05) is 70.3 Å². The van der Waals surface area contributed by atoms with Crippen LogP contribution in [0.1, 0.15) is 50.0 Å². The molecule has 2 N–H and O–H groups in total. The van der Waals surface area contributed by atoms with E-state index in [1.54, 1.807) is 12.1 Å². The predicted molar refractivity (Wildman–Crippen MR) is 200 cm³/mol. The number of carbonyl (C=O) groups is 3. The molecule has 3 fully saturated rings. The normalized spacial score (nSPS) is 22.4. The third-order valence-corrected chi connectivity index (χ3v) is 11.5. The van der Waals surface area contributed by atoms with Crippen LogP contribution in [0.15, 0.2) is 85.1 Å². The fourth-order valence-electron chi connectivity index (χ4n) is 8.71. The number of piperidine rings is 1. The number of phenolic OH excluding ortho intramolecular Hbond substituents is 1. The molecule has 12 nitrogen and oxygen atoms in total. The number of phenols is 1. The van der Waals surface area contributed by atoms with Gasteiger partial charge < -0.3 is 24.2 Å². The Morgan fingerprint density at radius 2 is 1.62 bits per heavy atom. The fraction of sp³-hybridized carbons (Fsp3) is 0.341. The van der Waals surface area contributed by atoms with Gasteiger partial charge in [0.25, 0.3) is 0 Å². The van der Waals surface area contributed by atoms with E-state index in [9.17, 15) is 19.5 Å². The van der Waals surface area contributed by atoms with E-state index in [0.29, 0.717) is 62.3 Å². The van der Waals surface area contributed by atoms with Gasteiger partial charge in [-0.15, -0.1) is 10.2 Å². The van der Waals surface area contributed by atoms with Crippen LogP contribution in [0.5, 0.6) is 11.5 Å². The molecule has 1 aliphatic carbocycles. The van der Waals surface area contributed by atoms with Crippen LogP contribution in [-0.4, -0.2) is 87.4 Å². The number of hydrogen-bond acceptors (Lipinski definition) is 9. The van der Waals surface area contributed by atoms with Gasteiger partial charge in [-0.3, -0.25) is 24.6 Å². The molecule has 5 heterocycles. The summed E-state index contributed by atoms with van der Waals surface area (Å²) in [7, 11) is 0. The lowest BCUT2D eigenvalue weighted by Crippen LogP contribution is -2.54. The Balaban J connectivity index is 0.836. The summed E-state index contributed by atoms with van der Waals surface area (Å²) in [6.07, 6.45) is 6.85. The zero-order valence-corrected chi connectivity index (χ0v) is 29.4. The third kappa shape index (κ3) is 6.16. The zero-order chi connectivity index (χ0) is 36.1. The number of ether oxygens (including phenoxy) is 1. The Hall–Kier alpha value is -5.75. The van der Waals surface area contributed by atoms with Crippen molar-refractivity contribution in [2.45, 2.75) is 56.5 Å². The molecule has 1 saturated carbocycles. The second-order valence-electron chi connectivity index (χ2n) is 14.4. The number of hydrogen-bond donors (Lipinski definition) is 2. The van der Waals surface area contributed by atoms with Crippen molar-refractivity contribution in [1.82, 2.24) is 25.0 Å². The molecule has 0 radical (unpaired) electrons. The Bertz CT molecular complexity index is 2210. The molecule has 270 valence electrons. The molecule has 0 bridgehead atoms. The third-order valence-electron chi connectivity index (χ3n) is 11.5. The minimum Gasteiger partial charge on any atom is -0.507 e. The highest BCUT2D eigenvalue weighted by Crippen LogP contribution is 2.45. The van der Waals surface area contributed by atoms with Gasteiger partial charge in [-0.05, 0) is 98.2 Å². The topological polar surface area (TPSA) is 133 Å². The molecule has 12 heteroatoms. The molecular formula is C41H41N7O5. The summed E-state index contributed by atoms with van der Waals surface area (Å²) in [6.45, 7) is 2.98. The summed E-state index contributed by atoms with van der Waals surface area (Å²) < 4.78 is 8.29. The number of imide groups is 1. The van der Waals surface area contributed by atoms with Crippen molar-refractivity contribution in [2.24, 2.45) is 0 Å². The minimum absolute atomic E-state index is 0.110. The minimum atomic E-state index is -0.365. The van der Waals surface area contributed by atoms with Crippen molar-refractivity contribution < 1.29 is 24.2 Å². The molecule has 9 rings (SSSR count). The van der Waals surface area contributed by atoms with Crippen molar-refractivity contribution in [3.8, 4) is 28.4 Å². The number of aromatic nitrogens is 3. The van der Waals surface area contributed by atoms with Crippen LogP contribution in [0.25, 0.3) is 28.0 Å². The lowest BCUT2D eigenvalue weighted by molar-refractivity contribution is -0.134. The van der Waals surface area contributed by atoms with E-state index >= 15 is 0 Å². The quantitative estimate of drug-likeness (QED) is 0.229. The van der Waals surface area contributed by atoms with Crippen molar-refractivity contribution in [1.29, 1.82) is 0 Å². The number of aromatic hydroxyl groups is 1. The first-order valence-corrected chi connectivity index (χ1v) is 18.6. The molecule has 3 aromatic carbocycles. The highest BCUT2D eigenvalue weighted by Gasteiger charge is 2.37. The van der Waals surface area contributed by atoms with Crippen LogP contribution in [0.2, 0.25) is 0 Å². The van der Waals surface area contributed by atoms with Crippen molar-refractivity contribution in [3.05, 3.63) is 90.6 Å². The summed E-state index contributed by atoms with van der Waals surface area (Å²) in [5.41, 5.74) is 6.80. The van der Waals surface area contributed by atoms with E-state index in [0.717, 1.165) is 66.1 Å². The number of rotatable bonds is 6. The molecule has 1 atom stereocenters. The molecular weight excluding hydrogens is 670 g/mol. The van der Waals surface area contributed by atoms with Crippen LogP contribution in [0, 0.1) is 0 Å². The van der Waals surface area contributed by atoms with Gasteiger partial charge in [0.2, 0.25) is 17.7 Å². The molecule has 53 heavy (non-hydrogen) atoms. The molecule has 2 aromatic heterocycles. The van der Waals surface area contributed by atoms with Crippen molar-refractivity contribution in [2.75, 3.05) is 42.6 Å². The van der Waals surface area contributed by atoms with Gasteiger partial charge in [-0.2, -0.15) is 0 Å². The number of carbonyl (C=O) groups excluding carboxylic acids is 3. The number of fused-ring (bicyclic) bond motifs is 2. The summed E-state index contributed by atoms with van der Waals surface area (Å²) in [5, 5.41) is 21.6. The summed E-state index contributed by atoms with van der Waals surface area (Å²) in [4.78, 5) is 44.4. The van der Waals surface area contributed by atoms with Crippen LogP contribution in [0.4, 0.5) is 11.4 Å². The number of piperazine rings is 1. The van der Waals surface area contributed by atoms with Crippen LogP contribution < -0.4 is 19.9 Å². The first kappa shape index (κ1) is 33.1. The monoisotopic (exact) mass is 711 g/mol. The highest BCUT2D eigenvalue weighted by atomic mass is 16.5. The number of amides is 3. The average Bonchev–Trinajstić information content (AvgIpc) is 3.61. The van der Waals surface area contributed by atoms with Gasteiger partial charge in [-0.1, -0.05) is 24.3 Å². The first-order valence-electron chi connectivity index (χ1n) is 18.6. The van der Waals surface area contributed by atoms with Crippen LogP contribution >= 0.6 is 0 Å². The lowest BCUT2D eigenvalue weighted by atomic mass is 9.80. The maximum absolute atomic E-state index is 13.6. The molecule has 3 amide bonds. The Morgan fingerprint density at radius 3 is 2.42 bits per heavy atom. The SMILES string of the molecule is O=C1CCC(N2CCOc3c(C4CCC(N5CCN(c6ccc(-n7ccc8nnc(-c9ccccc9O)cc87)cc6)C(=O)C5)CC4)cccc32)C(=O)N1. The Kier molecular flexibility index (Phi) is 8.54. The lowest BCUT2D eigenvalue weighted by Gasteiger charge is -2.42. The van der Waals surface area contributed by atoms with Gasteiger partial charge in [-0.25, -0.2) is 0 Å². The summed E-state index contributed by atoms with van der Waals surface area (Å²) in [5.74, 6) is 1.05. The molecule has 0 spiro atoms. The zero-order valence-electron chi connectivity index (χ0n) is 29.4. The Labute approximate surface area is 307 Å².